The smallest absolute Gasteiger partial charge is 0.217 e. The van der Waals surface area contributed by atoms with E-state index in [9.17, 15) is 157 Å². The zero-order chi connectivity index (χ0) is 89.8. The highest BCUT2D eigenvalue weighted by Gasteiger charge is 2.62. The van der Waals surface area contributed by atoms with Gasteiger partial charge >= 0.3 is 0 Å². The number of hydrogen-bond donors (Lipinski definition) is 31. The van der Waals surface area contributed by atoms with Crippen molar-refractivity contribution in [2.24, 2.45) is 0 Å². The van der Waals surface area contributed by atoms with Gasteiger partial charge in [0.1, 0.15) is 238 Å². The number of rotatable bonds is 31. The zero-order valence-corrected chi connectivity index (χ0v) is 65.7. The summed E-state index contributed by atoms with van der Waals surface area (Å²) in [6.07, 6.45) is -95.2. The van der Waals surface area contributed by atoms with Crippen molar-refractivity contribution >= 4 is 23.6 Å². The van der Waals surface area contributed by atoms with Crippen LogP contribution in [0.3, 0.4) is 0 Å². The summed E-state index contributed by atoms with van der Waals surface area (Å²) in [4.78, 5) is 51.6. The summed E-state index contributed by atoms with van der Waals surface area (Å²) >= 11 is 0. The van der Waals surface area contributed by atoms with Crippen molar-refractivity contribution in [3.05, 3.63) is 0 Å². The molecule has 0 bridgehead atoms. The van der Waals surface area contributed by atoms with Crippen LogP contribution < -0.4 is 21.3 Å². The molecule has 54 nitrogen and oxygen atoms in total. The number of ether oxygens (including phenoxy) is 19. The molecular weight excluding hydrogens is 1670 g/mol. The van der Waals surface area contributed by atoms with Crippen LogP contribution in [-0.4, -0.2) is 528 Å². The van der Waals surface area contributed by atoms with Crippen molar-refractivity contribution in [2.75, 3.05) is 59.5 Å². The first-order chi connectivity index (χ1) is 57.7. The molecule has 0 saturated carbocycles. The second-order valence-corrected chi connectivity index (χ2v) is 31.0. The van der Waals surface area contributed by atoms with Crippen molar-refractivity contribution in [3.8, 4) is 0 Å². The van der Waals surface area contributed by atoms with E-state index in [1.54, 1.807) is 0 Å². The standard InChI is InChI=1S/C68H114N4O50/c1-15-33(84)43(94)48(99)63(106-15)104-14-28-55(39(90)29(59(103)107-28)69-16(2)80)116-60-30(70-17(3)81)40(91)54(26(12-79)112-60)119-66-51(102)56(120-68-58(47(98)37(88)23(9-76)111-68)122-62-32(72-19(5)83)42(93)53(25(11-78)114-62)118-65-50(101)45(96)35(86)21(7-74)109-65)38(89)27(115-66)13-105-67-57(46(97)36(87)22(8-75)110-67)121-61-31(71-18(4)82)41(92)52(24(10-77)113-61)117-64-49(100)44(95)34(85)20(6-73)108-64/h15,20-68,73-79,84-103H,6-14H2,1-5H3,(H,69,80)(H,70,81)(H,71,82)(H,72,83)/t15-,20+,21+,22+,23+,24+,25+,26+,27+,28+,29+,30+,31+,32+,33+,34-,35-,36+,37+,38+,39+,40+,41+,42+,43+,44-,45-,46-,47-,48-,49+,50+,51-,52+,53+,54+,55+,56-,57-,58-,59+,60-,61?,62?,63+,64?,65?,66?,67?,68?/m0/s1. The quantitative estimate of drug-likeness (QED) is 0.0306. The molecule has 0 spiro atoms. The fraction of sp³-hybridized carbons (Fsp3) is 0.941. The van der Waals surface area contributed by atoms with E-state index in [4.69, 9.17) is 90.0 Å². The van der Waals surface area contributed by atoms with E-state index in [-0.39, 0.29) is 0 Å². The molecule has 10 aliphatic rings. The van der Waals surface area contributed by atoms with E-state index in [2.05, 4.69) is 21.3 Å². The van der Waals surface area contributed by atoms with Gasteiger partial charge in [0, 0.05) is 27.7 Å². The lowest BCUT2D eigenvalue weighted by Gasteiger charge is -2.51. The molecule has 50 atom stereocenters. The van der Waals surface area contributed by atoms with Crippen LogP contribution in [0, 0.1) is 0 Å². The van der Waals surface area contributed by atoms with Gasteiger partial charge in [-0.3, -0.25) is 19.2 Å². The molecule has 10 aliphatic heterocycles. The summed E-state index contributed by atoms with van der Waals surface area (Å²) in [7, 11) is 0. The average Bonchev–Trinajstić information content (AvgIpc) is 0.770. The minimum absolute atomic E-state index is 0.846. The van der Waals surface area contributed by atoms with Crippen LogP contribution in [0.4, 0.5) is 0 Å². The van der Waals surface area contributed by atoms with Gasteiger partial charge in [0.2, 0.25) is 23.6 Å². The summed E-state index contributed by atoms with van der Waals surface area (Å²) < 4.78 is 113. The second-order valence-electron chi connectivity index (χ2n) is 31.0. The number of nitrogens with one attached hydrogen (secondary N) is 4. The maximum Gasteiger partial charge on any atom is 0.217 e. The van der Waals surface area contributed by atoms with Gasteiger partial charge in [-0.05, 0) is 6.92 Å². The van der Waals surface area contributed by atoms with Gasteiger partial charge in [-0.2, -0.15) is 0 Å². The van der Waals surface area contributed by atoms with Crippen LogP contribution in [0.1, 0.15) is 34.6 Å². The Hall–Kier alpha value is -3.96. The lowest BCUT2D eigenvalue weighted by atomic mass is 9.93. The molecular formula is C68H114N4O50. The van der Waals surface area contributed by atoms with Crippen molar-refractivity contribution in [1.82, 2.24) is 21.3 Å². The molecule has 10 saturated heterocycles. The summed E-state index contributed by atoms with van der Waals surface area (Å²) in [5, 5.41) is 310. The van der Waals surface area contributed by atoms with Crippen LogP contribution in [-0.2, 0) is 109 Å². The molecule has 10 rings (SSSR count). The minimum atomic E-state index is -2.63. The van der Waals surface area contributed by atoms with Crippen molar-refractivity contribution in [1.29, 1.82) is 0 Å². The average molecular weight is 1790 g/mol. The first-order valence-corrected chi connectivity index (χ1v) is 39.0. The van der Waals surface area contributed by atoms with Crippen LogP contribution in [0.25, 0.3) is 0 Å². The Bertz CT molecular complexity index is 3290. The number of carbonyl (C=O) groups excluding carboxylic acids is 4. The molecule has 0 aromatic carbocycles. The maximum absolute atomic E-state index is 13.3. The van der Waals surface area contributed by atoms with E-state index in [1.807, 2.05) is 0 Å². The monoisotopic (exact) mass is 1790 g/mol. The highest BCUT2D eigenvalue weighted by Crippen LogP contribution is 2.41. The molecule has 0 aromatic rings. The lowest BCUT2D eigenvalue weighted by Crippen LogP contribution is -2.71. The van der Waals surface area contributed by atoms with Crippen molar-refractivity contribution < 1.29 is 247 Å². The lowest BCUT2D eigenvalue weighted by molar-refractivity contribution is -0.399. The molecule has 10 fully saturated rings. The highest BCUT2D eigenvalue weighted by atomic mass is 16.8. The van der Waals surface area contributed by atoms with Crippen LogP contribution in [0.5, 0.6) is 0 Å². The molecule has 122 heavy (non-hydrogen) atoms. The van der Waals surface area contributed by atoms with Crippen molar-refractivity contribution in [2.45, 2.75) is 341 Å². The summed E-state index contributed by atoms with van der Waals surface area (Å²) in [5.41, 5.74) is 0. The highest BCUT2D eigenvalue weighted by molar-refractivity contribution is 5.74. The molecule has 54 heteroatoms. The van der Waals surface area contributed by atoms with Gasteiger partial charge < -0.3 is 249 Å². The number of hydrogen-bond acceptors (Lipinski definition) is 50. The molecule has 7 unspecified atom stereocenters. The van der Waals surface area contributed by atoms with Crippen LogP contribution in [0.2, 0.25) is 0 Å². The van der Waals surface area contributed by atoms with Gasteiger partial charge in [0.05, 0.1) is 65.6 Å². The molecule has 0 radical (unpaired) electrons. The Morgan fingerprint density at radius 1 is 0.230 bits per heavy atom. The molecule has 31 N–H and O–H groups in total. The largest absolute Gasteiger partial charge is 0.394 e. The molecule has 0 aliphatic carbocycles. The SMILES string of the molecule is CC(=O)N[C@@H]1[C@@H](O)[C@H](O[C@@H]2O[C@H](CO)[C@@H](OC3O[C@H](COC4O[C@H](CO)[C@@H](O)[C@H](O)[C@@H]4OC4O[C@H](CO)[C@@H](OC5O[C@H](CO)[C@H](O)[C@H](O)[C@H]5O)[C@H](O)[C@H]4NC(C)=O)[C@@H](O)[C@H](OC4O[C@H](CO)[C@@H](O)[C@H](O)[C@@H]4OC4O[C@H](CO)[C@@H](OC5O[C@H](CO)[C@H](O)[C@H](O)[C@H]5O)[C@H](O)[C@H]4NC(C)=O)[C@@H]3O)[C@H](O)[C@H]2NC(C)=O)[C@@H](CO[C@@H]2O[C@@H](C)[C@@H](O)[C@@H](O)[C@@H]2O)O[C@H]1O. The summed E-state index contributed by atoms with van der Waals surface area (Å²) in [6, 6.07) is -7.69. The topological polar surface area (TPSA) is 838 Å². The Balaban J connectivity index is 0.983. The Morgan fingerprint density at radius 2 is 0.500 bits per heavy atom. The van der Waals surface area contributed by atoms with E-state index in [0.717, 1.165) is 27.7 Å². The number of amides is 4. The van der Waals surface area contributed by atoms with Gasteiger partial charge in [0.25, 0.3) is 0 Å². The molecule has 0 aromatic heterocycles. The van der Waals surface area contributed by atoms with E-state index >= 15 is 0 Å². The van der Waals surface area contributed by atoms with E-state index in [0.29, 0.717) is 0 Å². The van der Waals surface area contributed by atoms with Gasteiger partial charge in [0.15, 0.2) is 62.9 Å². The first kappa shape index (κ1) is 100. The zero-order valence-electron chi connectivity index (χ0n) is 65.7. The van der Waals surface area contributed by atoms with Gasteiger partial charge in [-0.1, -0.05) is 0 Å². The van der Waals surface area contributed by atoms with E-state index < -0.39 is 390 Å². The Kier molecular flexibility index (Phi) is 35.8. The summed E-state index contributed by atoms with van der Waals surface area (Å²) in [5.74, 6) is -3.76. The third-order valence-corrected chi connectivity index (χ3v) is 22.4. The molecule has 4 amide bonds. The summed E-state index contributed by atoms with van der Waals surface area (Å²) in [6.45, 7) is -4.83. The number of aliphatic hydroxyl groups excluding tert-OH is 27. The predicted molar refractivity (Wildman–Crippen MR) is 375 cm³/mol. The minimum Gasteiger partial charge on any atom is -0.394 e. The Labute approximate surface area is 691 Å². The normalized spacial score (nSPS) is 49.7. The van der Waals surface area contributed by atoms with Gasteiger partial charge in [-0.25, -0.2) is 0 Å². The number of aliphatic hydroxyl groups is 27. The fourth-order valence-electron chi connectivity index (χ4n) is 15.8. The van der Waals surface area contributed by atoms with Crippen LogP contribution >= 0.6 is 0 Å². The third-order valence-electron chi connectivity index (χ3n) is 22.4. The fourth-order valence-corrected chi connectivity index (χ4v) is 15.8. The van der Waals surface area contributed by atoms with Crippen molar-refractivity contribution in [3.63, 3.8) is 0 Å². The van der Waals surface area contributed by atoms with Gasteiger partial charge in [-0.15, -0.1) is 0 Å². The first-order valence-electron chi connectivity index (χ1n) is 39.0. The third kappa shape index (κ3) is 22.0. The second kappa shape index (κ2) is 43.6. The molecule has 706 valence electrons. The molecule has 10 heterocycles. The number of carbonyl (C=O) groups is 4. The van der Waals surface area contributed by atoms with E-state index in [1.165, 1.54) is 6.92 Å². The maximum atomic E-state index is 13.3. The predicted octanol–water partition coefficient (Wildman–Crippen LogP) is -21.2. The Morgan fingerprint density at radius 3 is 0.893 bits per heavy atom. The van der Waals surface area contributed by atoms with Crippen LogP contribution in [0.15, 0.2) is 0 Å².